The van der Waals surface area contributed by atoms with Gasteiger partial charge in [0.2, 0.25) is 5.60 Å². The van der Waals surface area contributed by atoms with E-state index in [-0.39, 0.29) is 5.69 Å². The van der Waals surface area contributed by atoms with Gasteiger partial charge in [0.05, 0.1) is 6.42 Å². The van der Waals surface area contributed by atoms with Crippen molar-refractivity contribution in [2.24, 2.45) is 0 Å². The van der Waals surface area contributed by atoms with Gasteiger partial charge in [-0.25, -0.2) is 4.98 Å². The quantitative estimate of drug-likeness (QED) is 0.639. The summed E-state index contributed by atoms with van der Waals surface area (Å²) >= 11 is 2.12. The van der Waals surface area contributed by atoms with Gasteiger partial charge in [-0.05, 0) is 24.8 Å². The molecule has 0 aliphatic carbocycles. The van der Waals surface area contributed by atoms with Crippen LogP contribution in [0.2, 0.25) is 0 Å². The van der Waals surface area contributed by atoms with Gasteiger partial charge in [0, 0.05) is 22.5 Å². The van der Waals surface area contributed by atoms with Crippen LogP contribution in [0.15, 0.2) is 22.9 Å². The summed E-state index contributed by atoms with van der Waals surface area (Å²) in [6, 6.07) is 3.77. The first-order valence-electron chi connectivity index (χ1n) is 7.78. The number of aryl methyl sites for hydroxylation is 1. The van der Waals surface area contributed by atoms with E-state index in [1.54, 1.807) is 0 Å². The molecule has 0 spiro atoms. The second kappa shape index (κ2) is 8.81. The van der Waals surface area contributed by atoms with Gasteiger partial charge in [-0.2, -0.15) is 13.2 Å². The molecule has 0 fully saturated rings. The minimum Gasteiger partial charge on any atom is -0.455 e. The van der Waals surface area contributed by atoms with Crippen molar-refractivity contribution in [3.8, 4) is 0 Å². The molecule has 1 atom stereocenters. The Hall–Kier alpha value is -1.98. The Kier molecular flexibility index (Phi) is 6.95. The van der Waals surface area contributed by atoms with E-state index in [0.717, 1.165) is 4.88 Å². The zero-order chi connectivity index (χ0) is 20.1. The molecule has 2 N–H and O–H groups in total. The molecule has 2 aromatic rings. The van der Waals surface area contributed by atoms with E-state index in [4.69, 9.17) is 0 Å². The number of hydrogen-bond donors (Lipinski definition) is 2. The van der Waals surface area contributed by atoms with E-state index in [2.05, 4.69) is 15.0 Å². The number of thiophene rings is 1. The highest BCUT2D eigenvalue weighted by atomic mass is 32.1. The number of esters is 1. The van der Waals surface area contributed by atoms with Crippen LogP contribution in [0.3, 0.4) is 0 Å². The number of hydrogen-bond acceptors (Lipinski definition) is 7. The van der Waals surface area contributed by atoms with Crippen molar-refractivity contribution in [2.75, 3.05) is 13.2 Å². The lowest BCUT2D eigenvalue weighted by Gasteiger charge is -2.27. The zero-order valence-corrected chi connectivity index (χ0v) is 15.8. The number of carbonyl (C=O) groups excluding carboxylic acids is 2. The van der Waals surface area contributed by atoms with Crippen molar-refractivity contribution in [1.82, 2.24) is 10.3 Å². The van der Waals surface area contributed by atoms with Gasteiger partial charge in [-0.3, -0.25) is 9.59 Å². The maximum Gasteiger partial charge on any atom is 0.424 e. The largest absolute Gasteiger partial charge is 0.455 e. The van der Waals surface area contributed by atoms with Gasteiger partial charge in [-0.15, -0.1) is 22.7 Å². The van der Waals surface area contributed by atoms with Crippen LogP contribution in [-0.4, -0.2) is 41.3 Å². The number of halogens is 3. The number of thiazole rings is 1. The standard InChI is InChI=1S/C16H17F3N2O4S2/c1-10-9-27-14(21-10)15(24,16(17,18)19)7-13(23)25-8-12(22)20-5-4-11-3-2-6-26-11/h2-3,6,9,24H,4-5,7-8H2,1H3,(H,20,22)/t15-/m1/s1. The minimum atomic E-state index is -5.13. The van der Waals surface area contributed by atoms with Crippen LogP contribution in [0.5, 0.6) is 0 Å². The number of nitrogens with zero attached hydrogens (tertiary/aromatic N) is 1. The third-order valence-corrected chi connectivity index (χ3v) is 5.53. The van der Waals surface area contributed by atoms with Crippen molar-refractivity contribution in [2.45, 2.75) is 31.5 Å². The van der Waals surface area contributed by atoms with Crippen LogP contribution in [0.1, 0.15) is 22.0 Å². The normalized spacial score (nSPS) is 13.8. The van der Waals surface area contributed by atoms with Gasteiger partial charge in [0.15, 0.2) is 6.61 Å². The van der Waals surface area contributed by atoms with Crippen LogP contribution in [0.4, 0.5) is 13.2 Å². The molecule has 0 aromatic carbocycles. The summed E-state index contributed by atoms with van der Waals surface area (Å²) in [6.45, 7) is 1.05. The molecule has 2 heterocycles. The fraction of sp³-hybridized carbons (Fsp3) is 0.438. The monoisotopic (exact) mass is 422 g/mol. The predicted molar refractivity (Wildman–Crippen MR) is 93.4 cm³/mol. The third-order valence-electron chi connectivity index (χ3n) is 3.48. The zero-order valence-electron chi connectivity index (χ0n) is 14.2. The minimum absolute atomic E-state index is 0.288. The molecule has 0 radical (unpaired) electrons. The van der Waals surface area contributed by atoms with E-state index < -0.39 is 41.7 Å². The molecule has 148 valence electrons. The molecule has 11 heteroatoms. The maximum atomic E-state index is 13.3. The van der Waals surface area contributed by atoms with Crippen molar-refractivity contribution < 1.29 is 32.6 Å². The Bertz CT molecular complexity index is 777. The number of carbonyl (C=O) groups is 2. The van der Waals surface area contributed by atoms with Crippen molar-refractivity contribution in [1.29, 1.82) is 0 Å². The first-order chi connectivity index (χ1) is 12.6. The molecule has 0 saturated carbocycles. The average Bonchev–Trinajstić information content (AvgIpc) is 3.23. The molecule has 0 aliphatic rings. The number of rotatable bonds is 8. The first-order valence-corrected chi connectivity index (χ1v) is 9.54. The van der Waals surface area contributed by atoms with Gasteiger partial charge >= 0.3 is 12.1 Å². The molecule has 1 amide bonds. The van der Waals surface area contributed by atoms with Gasteiger partial charge in [0.25, 0.3) is 5.91 Å². The highest BCUT2D eigenvalue weighted by molar-refractivity contribution is 7.10. The van der Waals surface area contributed by atoms with E-state index >= 15 is 0 Å². The summed E-state index contributed by atoms with van der Waals surface area (Å²) < 4.78 is 44.4. The van der Waals surface area contributed by atoms with Crippen LogP contribution >= 0.6 is 22.7 Å². The molecule has 0 unspecified atom stereocenters. The van der Waals surface area contributed by atoms with E-state index in [1.165, 1.54) is 23.6 Å². The maximum absolute atomic E-state index is 13.3. The number of nitrogens with one attached hydrogen (secondary N) is 1. The molecule has 0 saturated heterocycles. The number of alkyl halides is 3. The summed E-state index contributed by atoms with van der Waals surface area (Å²) in [5, 5.41) is 15.1. The van der Waals surface area contributed by atoms with E-state index in [0.29, 0.717) is 24.3 Å². The molecule has 0 bridgehead atoms. The number of amides is 1. The summed E-state index contributed by atoms with van der Waals surface area (Å²) in [4.78, 5) is 28.1. The number of ether oxygens (including phenoxy) is 1. The molecule has 2 aromatic heterocycles. The van der Waals surface area contributed by atoms with Gasteiger partial charge in [0.1, 0.15) is 5.01 Å². The van der Waals surface area contributed by atoms with Gasteiger partial charge in [-0.1, -0.05) is 6.07 Å². The Morgan fingerprint density at radius 3 is 2.63 bits per heavy atom. The molecule has 2 rings (SSSR count). The van der Waals surface area contributed by atoms with Crippen LogP contribution < -0.4 is 5.32 Å². The van der Waals surface area contributed by atoms with Crippen molar-refractivity contribution in [3.63, 3.8) is 0 Å². The van der Waals surface area contributed by atoms with E-state index in [9.17, 15) is 27.9 Å². The molecule has 27 heavy (non-hydrogen) atoms. The van der Waals surface area contributed by atoms with Crippen molar-refractivity contribution >= 4 is 34.6 Å². The van der Waals surface area contributed by atoms with Crippen LogP contribution in [-0.2, 0) is 26.3 Å². The molecular formula is C16H17F3N2O4S2. The Morgan fingerprint density at radius 2 is 2.07 bits per heavy atom. The second-order valence-electron chi connectivity index (χ2n) is 5.67. The van der Waals surface area contributed by atoms with E-state index in [1.807, 2.05) is 17.5 Å². The lowest BCUT2D eigenvalue weighted by molar-refractivity contribution is -0.269. The van der Waals surface area contributed by atoms with Crippen LogP contribution in [0.25, 0.3) is 0 Å². The summed E-state index contributed by atoms with van der Waals surface area (Å²) in [6.07, 6.45) is -5.92. The highest BCUT2D eigenvalue weighted by Gasteiger charge is 2.58. The fourth-order valence-corrected chi connectivity index (χ4v) is 3.70. The number of aliphatic hydroxyl groups is 1. The Labute approximate surface area is 161 Å². The first kappa shape index (κ1) is 21.3. The highest BCUT2D eigenvalue weighted by Crippen LogP contribution is 2.42. The lowest BCUT2D eigenvalue weighted by Crippen LogP contribution is -2.44. The summed E-state index contributed by atoms with van der Waals surface area (Å²) in [5.41, 5.74) is -3.17. The Balaban J connectivity index is 1.85. The smallest absolute Gasteiger partial charge is 0.424 e. The molecular weight excluding hydrogens is 405 g/mol. The SMILES string of the molecule is Cc1csc([C@](O)(CC(=O)OCC(=O)NCCc2cccs2)C(F)(F)F)n1. The third kappa shape index (κ3) is 5.75. The Morgan fingerprint density at radius 1 is 1.33 bits per heavy atom. The summed E-state index contributed by atoms with van der Waals surface area (Å²) in [5.74, 6) is -1.99. The lowest BCUT2D eigenvalue weighted by atomic mass is 10.00. The molecule has 0 aliphatic heterocycles. The average molecular weight is 422 g/mol. The topological polar surface area (TPSA) is 88.5 Å². The number of aromatic nitrogens is 1. The van der Waals surface area contributed by atoms with Gasteiger partial charge < -0.3 is 15.2 Å². The van der Waals surface area contributed by atoms with Crippen LogP contribution in [0, 0.1) is 6.92 Å². The van der Waals surface area contributed by atoms with Crippen molar-refractivity contribution in [3.05, 3.63) is 38.5 Å². The predicted octanol–water partition coefficient (Wildman–Crippen LogP) is 2.56. The second-order valence-corrected chi connectivity index (χ2v) is 7.56. The fourth-order valence-electron chi connectivity index (χ4n) is 2.08. The summed E-state index contributed by atoms with van der Waals surface area (Å²) in [7, 11) is 0. The molecule has 6 nitrogen and oxygen atoms in total.